The quantitative estimate of drug-likeness (QED) is 0.832. The molecule has 0 fully saturated rings. The maximum atomic E-state index is 11.8. The van der Waals surface area contributed by atoms with Gasteiger partial charge in [-0.2, -0.15) is 0 Å². The molecular weight excluding hydrogens is 280 g/mol. The van der Waals surface area contributed by atoms with Gasteiger partial charge in [0.05, 0.1) is 26.5 Å². The third-order valence-electron chi connectivity index (χ3n) is 3.00. The lowest BCUT2D eigenvalue weighted by Gasteiger charge is -2.07. The normalized spacial score (nSPS) is 10.5. The molecule has 0 saturated heterocycles. The van der Waals surface area contributed by atoms with Crippen molar-refractivity contribution in [2.75, 3.05) is 14.2 Å². The van der Waals surface area contributed by atoms with Gasteiger partial charge in [0.25, 0.3) is 0 Å². The third-order valence-corrected chi connectivity index (χ3v) is 3.00. The Bertz CT molecular complexity index is 654. The lowest BCUT2D eigenvalue weighted by Crippen LogP contribution is -2.20. The highest BCUT2D eigenvalue weighted by Gasteiger charge is 2.03. The van der Waals surface area contributed by atoms with E-state index in [0.717, 1.165) is 11.3 Å². The van der Waals surface area contributed by atoms with E-state index in [9.17, 15) is 4.79 Å². The Hall–Kier alpha value is -2.82. The molecule has 0 spiro atoms. The van der Waals surface area contributed by atoms with Gasteiger partial charge in [-0.1, -0.05) is 12.1 Å². The molecule has 0 aliphatic carbocycles. The highest BCUT2D eigenvalue weighted by molar-refractivity contribution is 5.91. The van der Waals surface area contributed by atoms with Crippen LogP contribution in [0.3, 0.4) is 0 Å². The number of rotatable bonds is 6. The molecule has 114 valence electrons. The molecule has 0 unspecified atom stereocenters. The number of pyridine rings is 1. The van der Waals surface area contributed by atoms with Gasteiger partial charge in [0, 0.05) is 12.3 Å². The number of amides is 1. The second kappa shape index (κ2) is 7.83. The summed E-state index contributed by atoms with van der Waals surface area (Å²) in [4.78, 5) is 15.9. The number of methoxy groups -OCH3 is 2. The number of benzene rings is 1. The number of carbonyl (C=O) groups excluding carboxylic acids is 1. The van der Waals surface area contributed by atoms with E-state index < -0.39 is 0 Å². The summed E-state index contributed by atoms with van der Waals surface area (Å²) < 4.78 is 10.4. The monoisotopic (exact) mass is 298 g/mol. The van der Waals surface area contributed by atoms with Gasteiger partial charge in [0.15, 0.2) is 11.5 Å². The van der Waals surface area contributed by atoms with Crippen LogP contribution in [0.1, 0.15) is 11.3 Å². The average molecular weight is 298 g/mol. The van der Waals surface area contributed by atoms with Gasteiger partial charge < -0.3 is 14.8 Å². The minimum absolute atomic E-state index is 0.180. The molecule has 0 aliphatic heterocycles. The third kappa shape index (κ3) is 4.34. The van der Waals surface area contributed by atoms with Crippen LogP contribution in [0.15, 0.2) is 48.7 Å². The Morgan fingerprint density at radius 2 is 2.00 bits per heavy atom. The van der Waals surface area contributed by atoms with E-state index in [2.05, 4.69) is 10.3 Å². The van der Waals surface area contributed by atoms with Gasteiger partial charge in [-0.05, 0) is 35.9 Å². The fourth-order valence-corrected chi connectivity index (χ4v) is 1.87. The van der Waals surface area contributed by atoms with Crippen LogP contribution < -0.4 is 14.8 Å². The first-order valence-electron chi connectivity index (χ1n) is 6.81. The van der Waals surface area contributed by atoms with Gasteiger partial charge in [-0.25, -0.2) is 0 Å². The molecule has 1 aromatic carbocycles. The number of carbonyl (C=O) groups is 1. The Labute approximate surface area is 129 Å². The fraction of sp³-hybridized carbons (Fsp3) is 0.176. The SMILES string of the molecule is COc1ccc(/C=C/C(=O)NCc2ccccn2)cc1OC. The van der Waals surface area contributed by atoms with Gasteiger partial charge >= 0.3 is 0 Å². The first-order valence-corrected chi connectivity index (χ1v) is 6.81. The van der Waals surface area contributed by atoms with Crippen molar-refractivity contribution in [1.29, 1.82) is 0 Å². The van der Waals surface area contributed by atoms with Crippen LogP contribution in [0.5, 0.6) is 11.5 Å². The summed E-state index contributed by atoms with van der Waals surface area (Å²) >= 11 is 0. The highest BCUT2D eigenvalue weighted by Crippen LogP contribution is 2.27. The van der Waals surface area contributed by atoms with Crippen molar-refractivity contribution in [3.63, 3.8) is 0 Å². The van der Waals surface area contributed by atoms with Crippen molar-refractivity contribution in [3.8, 4) is 11.5 Å². The first-order chi connectivity index (χ1) is 10.7. The summed E-state index contributed by atoms with van der Waals surface area (Å²) in [5.74, 6) is 1.10. The second-order valence-electron chi connectivity index (χ2n) is 4.49. The lowest BCUT2D eigenvalue weighted by molar-refractivity contribution is -0.116. The zero-order chi connectivity index (χ0) is 15.8. The van der Waals surface area contributed by atoms with E-state index in [1.807, 2.05) is 24.3 Å². The number of aromatic nitrogens is 1. The van der Waals surface area contributed by atoms with Crippen LogP contribution in [0.4, 0.5) is 0 Å². The van der Waals surface area contributed by atoms with Crippen molar-refractivity contribution in [3.05, 3.63) is 59.9 Å². The molecule has 2 aromatic rings. The Kier molecular flexibility index (Phi) is 5.54. The van der Waals surface area contributed by atoms with Crippen LogP contribution in [-0.2, 0) is 11.3 Å². The van der Waals surface area contributed by atoms with Gasteiger partial charge in [0.2, 0.25) is 5.91 Å². The molecule has 0 atom stereocenters. The molecule has 1 aromatic heterocycles. The molecule has 1 amide bonds. The summed E-state index contributed by atoms with van der Waals surface area (Å²) in [5.41, 5.74) is 1.67. The van der Waals surface area contributed by atoms with E-state index in [0.29, 0.717) is 18.0 Å². The average Bonchev–Trinajstić information content (AvgIpc) is 2.58. The maximum absolute atomic E-state index is 11.8. The molecule has 1 heterocycles. The van der Waals surface area contributed by atoms with E-state index in [1.165, 1.54) is 6.08 Å². The fourth-order valence-electron chi connectivity index (χ4n) is 1.87. The van der Waals surface area contributed by atoms with Gasteiger partial charge in [0.1, 0.15) is 0 Å². The summed E-state index contributed by atoms with van der Waals surface area (Å²) in [6, 6.07) is 11.0. The van der Waals surface area contributed by atoms with Crippen molar-refractivity contribution >= 4 is 12.0 Å². The molecule has 2 rings (SSSR count). The number of hydrogen-bond acceptors (Lipinski definition) is 4. The number of hydrogen-bond donors (Lipinski definition) is 1. The van der Waals surface area contributed by atoms with Crippen molar-refractivity contribution in [2.45, 2.75) is 6.54 Å². The minimum Gasteiger partial charge on any atom is -0.493 e. The molecule has 0 radical (unpaired) electrons. The predicted molar refractivity (Wildman–Crippen MR) is 84.7 cm³/mol. The van der Waals surface area contributed by atoms with E-state index >= 15 is 0 Å². The molecule has 0 bridgehead atoms. The van der Waals surface area contributed by atoms with E-state index in [-0.39, 0.29) is 5.91 Å². The topological polar surface area (TPSA) is 60.5 Å². The van der Waals surface area contributed by atoms with Crippen LogP contribution in [0.2, 0.25) is 0 Å². The van der Waals surface area contributed by atoms with Crippen LogP contribution in [-0.4, -0.2) is 25.1 Å². The van der Waals surface area contributed by atoms with E-state index in [4.69, 9.17) is 9.47 Å². The predicted octanol–water partition coefficient (Wildman–Crippen LogP) is 2.43. The molecule has 1 N–H and O–H groups in total. The minimum atomic E-state index is -0.180. The molecule has 22 heavy (non-hydrogen) atoms. The largest absolute Gasteiger partial charge is 0.493 e. The number of ether oxygens (including phenoxy) is 2. The van der Waals surface area contributed by atoms with Crippen LogP contribution >= 0.6 is 0 Å². The van der Waals surface area contributed by atoms with Crippen molar-refractivity contribution in [2.24, 2.45) is 0 Å². The van der Waals surface area contributed by atoms with Gasteiger partial charge in [-0.15, -0.1) is 0 Å². The second-order valence-corrected chi connectivity index (χ2v) is 4.49. The zero-order valence-corrected chi connectivity index (χ0v) is 12.6. The Morgan fingerprint density at radius 3 is 2.68 bits per heavy atom. The van der Waals surface area contributed by atoms with Crippen LogP contribution in [0, 0.1) is 0 Å². The summed E-state index contributed by atoms with van der Waals surface area (Å²) in [6.07, 6.45) is 4.89. The molecule has 5 nitrogen and oxygen atoms in total. The molecule has 5 heteroatoms. The summed E-state index contributed by atoms with van der Waals surface area (Å²) in [7, 11) is 3.16. The molecular formula is C17H18N2O3. The lowest BCUT2D eigenvalue weighted by atomic mass is 10.2. The van der Waals surface area contributed by atoms with Gasteiger partial charge in [-0.3, -0.25) is 9.78 Å². The highest BCUT2D eigenvalue weighted by atomic mass is 16.5. The zero-order valence-electron chi connectivity index (χ0n) is 12.6. The Balaban J connectivity index is 1.95. The maximum Gasteiger partial charge on any atom is 0.244 e. The molecule has 0 saturated carbocycles. The Morgan fingerprint density at radius 1 is 1.18 bits per heavy atom. The number of nitrogens with zero attached hydrogens (tertiary/aromatic N) is 1. The summed E-state index contributed by atoms with van der Waals surface area (Å²) in [6.45, 7) is 0.399. The first kappa shape index (κ1) is 15.6. The number of nitrogens with one attached hydrogen (secondary N) is 1. The van der Waals surface area contributed by atoms with Crippen LogP contribution in [0.25, 0.3) is 6.08 Å². The van der Waals surface area contributed by atoms with E-state index in [1.54, 1.807) is 38.6 Å². The summed E-state index contributed by atoms with van der Waals surface area (Å²) in [5, 5.41) is 2.78. The standard InChI is InChI=1S/C17H18N2O3/c1-21-15-8-6-13(11-16(15)22-2)7-9-17(20)19-12-14-5-3-4-10-18-14/h3-11H,12H2,1-2H3,(H,19,20)/b9-7+. The van der Waals surface area contributed by atoms with Crippen molar-refractivity contribution < 1.29 is 14.3 Å². The smallest absolute Gasteiger partial charge is 0.244 e. The van der Waals surface area contributed by atoms with Crippen molar-refractivity contribution in [1.82, 2.24) is 10.3 Å². The molecule has 0 aliphatic rings.